The van der Waals surface area contributed by atoms with Crippen molar-refractivity contribution >= 4 is 11.7 Å². The van der Waals surface area contributed by atoms with Gasteiger partial charge in [-0.15, -0.1) is 0 Å². The standard InChI is InChI=1S/C11H14N2O4/c1-7-3-2-4-9(11(7)13(16)17)8(6-12)5-10(14)15/h2-4,8H,5-6,12H2,1H3,(H,14,15). The number of nitrogens with two attached hydrogens (primary N) is 1. The van der Waals surface area contributed by atoms with Crippen LogP contribution in [-0.4, -0.2) is 22.5 Å². The third-order valence-corrected chi connectivity index (χ3v) is 2.60. The molecule has 0 spiro atoms. The molecule has 0 aliphatic carbocycles. The van der Waals surface area contributed by atoms with Crippen LogP contribution in [0.2, 0.25) is 0 Å². The van der Waals surface area contributed by atoms with Crippen LogP contribution in [-0.2, 0) is 4.79 Å². The molecule has 3 N–H and O–H groups in total. The summed E-state index contributed by atoms with van der Waals surface area (Å²) in [5, 5.41) is 19.7. The lowest BCUT2D eigenvalue weighted by molar-refractivity contribution is -0.386. The summed E-state index contributed by atoms with van der Waals surface area (Å²) < 4.78 is 0. The molecule has 92 valence electrons. The van der Waals surface area contributed by atoms with Crippen LogP contribution in [0.1, 0.15) is 23.5 Å². The Morgan fingerprint density at radius 1 is 1.59 bits per heavy atom. The van der Waals surface area contributed by atoms with Gasteiger partial charge >= 0.3 is 5.97 Å². The first-order chi connectivity index (χ1) is 7.97. The Balaban J connectivity index is 3.23. The first-order valence-electron chi connectivity index (χ1n) is 5.13. The Hall–Kier alpha value is -1.95. The summed E-state index contributed by atoms with van der Waals surface area (Å²) >= 11 is 0. The number of aryl methyl sites for hydroxylation is 1. The Labute approximate surface area is 98.2 Å². The van der Waals surface area contributed by atoms with Crippen molar-refractivity contribution < 1.29 is 14.8 Å². The van der Waals surface area contributed by atoms with Crippen LogP contribution in [0.4, 0.5) is 5.69 Å². The van der Waals surface area contributed by atoms with Gasteiger partial charge in [0.2, 0.25) is 0 Å². The predicted octanol–water partition coefficient (Wildman–Crippen LogP) is 1.42. The Morgan fingerprint density at radius 2 is 2.24 bits per heavy atom. The molecule has 1 aromatic carbocycles. The van der Waals surface area contributed by atoms with E-state index in [9.17, 15) is 14.9 Å². The maximum absolute atomic E-state index is 11.0. The molecule has 6 heteroatoms. The molecule has 0 heterocycles. The SMILES string of the molecule is Cc1cccc(C(CN)CC(=O)O)c1[N+](=O)[O-]. The van der Waals surface area contributed by atoms with Crippen LogP contribution in [0.3, 0.4) is 0 Å². The van der Waals surface area contributed by atoms with E-state index in [1.54, 1.807) is 25.1 Å². The molecular formula is C11H14N2O4. The third-order valence-electron chi connectivity index (χ3n) is 2.60. The first-order valence-corrected chi connectivity index (χ1v) is 5.13. The highest BCUT2D eigenvalue weighted by Gasteiger charge is 2.24. The highest BCUT2D eigenvalue weighted by molar-refractivity contribution is 5.68. The number of hydrogen-bond donors (Lipinski definition) is 2. The van der Waals surface area contributed by atoms with Crippen molar-refractivity contribution in [3.05, 3.63) is 39.4 Å². The fourth-order valence-electron chi connectivity index (χ4n) is 1.79. The van der Waals surface area contributed by atoms with E-state index in [4.69, 9.17) is 10.8 Å². The summed E-state index contributed by atoms with van der Waals surface area (Å²) in [6.07, 6.45) is -0.208. The Bertz CT molecular complexity index is 445. The minimum atomic E-state index is -1.02. The predicted molar refractivity (Wildman–Crippen MR) is 61.9 cm³/mol. The number of nitro groups is 1. The summed E-state index contributed by atoms with van der Waals surface area (Å²) in [5.41, 5.74) is 6.35. The normalized spacial score (nSPS) is 12.1. The minimum Gasteiger partial charge on any atom is -0.481 e. The lowest BCUT2D eigenvalue weighted by atomic mass is 9.92. The van der Waals surface area contributed by atoms with E-state index in [-0.39, 0.29) is 18.7 Å². The van der Waals surface area contributed by atoms with Gasteiger partial charge in [0.1, 0.15) is 0 Å². The first kappa shape index (κ1) is 13.1. The molecule has 1 unspecified atom stereocenters. The molecule has 0 aromatic heterocycles. The Morgan fingerprint density at radius 3 is 2.71 bits per heavy atom. The zero-order valence-electron chi connectivity index (χ0n) is 9.42. The molecule has 17 heavy (non-hydrogen) atoms. The quantitative estimate of drug-likeness (QED) is 0.596. The van der Waals surface area contributed by atoms with Crippen molar-refractivity contribution in [2.45, 2.75) is 19.3 Å². The second-order valence-electron chi connectivity index (χ2n) is 3.80. The number of nitro benzene ring substituents is 1. The molecule has 0 saturated heterocycles. The molecule has 1 atom stereocenters. The van der Waals surface area contributed by atoms with Crippen molar-refractivity contribution in [3.8, 4) is 0 Å². The summed E-state index contributed by atoms with van der Waals surface area (Å²) in [6.45, 7) is 1.69. The second-order valence-corrected chi connectivity index (χ2v) is 3.80. The summed E-state index contributed by atoms with van der Waals surface area (Å²) in [5.74, 6) is -1.55. The van der Waals surface area contributed by atoms with Crippen LogP contribution in [0, 0.1) is 17.0 Å². The smallest absolute Gasteiger partial charge is 0.304 e. The summed E-state index contributed by atoms with van der Waals surface area (Å²) in [4.78, 5) is 21.2. The maximum atomic E-state index is 11.0. The van der Waals surface area contributed by atoms with Gasteiger partial charge in [0, 0.05) is 23.6 Å². The van der Waals surface area contributed by atoms with Gasteiger partial charge in [0.15, 0.2) is 0 Å². The number of carboxylic acid groups (broad SMARTS) is 1. The van der Waals surface area contributed by atoms with Crippen LogP contribution in [0.15, 0.2) is 18.2 Å². The number of aliphatic carboxylic acids is 1. The average Bonchev–Trinajstić information content (AvgIpc) is 2.24. The van der Waals surface area contributed by atoms with E-state index >= 15 is 0 Å². The molecule has 6 nitrogen and oxygen atoms in total. The van der Waals surface area contributed by atoms with Crippen LogP contribution < -0.4 is 5.73 Å². The minimum absolute atomic E-state index is 0.0378. The number of carboxylic acids is 1. The van der Waals surface area contributed by atoms with Gasteiger partial charge in [-0.1, -0.05) is 18.2 Å². The van der Waals surface area contributed by atoms with Gasteiger partial charge in [-0.3, -0.25) is 14.9 Å². The van der Waals surface area contributed by atoms with E-state index in [0.29, 0.717) is 11.1 Å². The number of hydrogen-bond acceptors (Lipinski definition) is 4. The molecule has 0 aliphatic rings. The van der Waals surface area contributed by atoms with Gasteiger partial charge < -0.3 is 10.8 Å². The van der Waals surface area contributed by atoms with E-state index < -0.39 is 16.8 Å². The van der Waals surface area contributed by atoms with E-state index in [2.05, 4.69) is 0 Å². The van der Waals surface area contributed by atoms with Crippen molar-refractivity contribution in [3.63, 3.8) is 0 Å². The zero-order valence-corrected chi connectivity index (χ0v) is 9.42. The number of para-hydroxylation sites is 1. The largest absolute Gasteiger partial charge is 0.481 e. The summed E-state index contributed by atoms with van der Waals surface area (Å²) in [7, 11) is 0. The van der Waals surface area contributed by atoms with Crippen LogP contribution >= 0.6 is 0 Å². The fraction of sp³-hybridized carbons (Fsp3) is 0.364. The van der Waals surface area contributed by atoms with Gasteiger partial charge in [-0.2, -0.15) is 0 Å². The van der Waals surface area contributed by atoms with Crippen molar-refractivity contribution in [1.29, 1.82) is 0 Å². The van der Waals surface area contributed by atoms with E-state index in [1.807, 2.05) is 0 Å². The van der Waals surface area contributed by atoms with Crippen molar-refractivity contribution in [2.24, 2.45) is 5.73 Å². The van der Waals surface area contributed by atoms with Gasteiger partial charge in [0.05, 0.1) is 11.3 Å². The molecule has 0 radical (unpaired) electrons. The molecule has 0 amide bonds. The number of benzene rings is 1. The number of nitrogens with zero attached hydrogens (tertiary/aromatic N) is 1. The number of carbonyl (C=O) groups is 1. The average molecular weight is 238 g/mol. The molecule has 0 fully saturated rings. The fourth-order valence-corrected chi connectivity index (χ4v) is 1.79. The zero-order chi connectivity index (χ0) is 13.0. The molecular weight excluding hydrogens is 224 g/mol. The lowest BCUT2D eigenvalue weighted by Crippen LogP contribution is -2.17. The van der Waals surface area contributed by atoms with Gasteiger partial charge in [0.25, 0.3) is 5.69 Å². The number of rotatable bonds is 5. The van der Waals surface area contributed by atoms with Gasteiger partial charge in [-0.05, 0) is 6.92 Å². The Kier molecular flexibility index (Phi) is 4.17. The summed E-state index contributed by atoms with van der Waals surface area (Å²) in [6, 6.07) is 4.85. The van der Waals surface area contributed by atoms with Gasteiger partial charge in [-0.25, -0.2) is 0 Å². The van der Waals surface area contributed by atoms with E-state index in [0.717, 1.165) is 0 Å². The molecule has 1 rings (SSSR count). The third kappa shape index (κ3) is 3.01. The highest BCUT2D eigenvalue weighted by atomic mass is 16.6. The van der Waals surface area contributed by atoms with Crippen LogP contribution in [0.5, 0.6) is 0 Å². The van der Waals surface area contributed by atoms with E-state index in [1.165, 1.54) is 0 Å². The second kappa shape index (κ2) is 5.40. The monoisotopic (exact) mass is 238 g/mol. The maximum Gasteiger partial charge on any atom is 0.304 e. The van der Waals surface area contributed by atoms with Crippen molar-refractivity contribution in [2.75, 3.05) is 6.54 Å². The highest BCUT2D eigenvalue weighted by Crippen LogP contribution is 2.31. The lowest BCUT2D eigenvalue weighted by Gasteiger charge is -2.13. The molecule has 1 aromatic rings. The van der Waals surface area contributed by atoms with Crippen LogP contribution in [0.25, 0.3) is 0 Å². The molecule has 0 bridgehead atoms. The molecule has 0 saturated carbocycles. The molecule has 0 aliphatic heterocycles. The van der Waals surface area contributed by atoms with Crippen molar-refractivity contribution in [1.82, 2.24) is 0 Å². The topological polar surface area (TPSA) is 106 Å².